The van der Waals surface area contributed by atoms with Crippen molar-refractivity contribution in [1.82, 2.24) is 0 Å². The highest BCUT2D eigenvalue weighted by atomic mass is 16.5. The molecule has 0 fully saturated rings. The lowest BCUT2D eigenvalue weighted by molar-refractivity contribution is -0.142. The smallest absolute Gasteiger partial charge is 0.309 e. The van der Waals surface area contributed by atoms with Gasteiger partial charge < -0.3 is 18.9 Å². The maximum absolute atomic E-state index is 11.1. The van der Waals surface area contributed by atoms with E-state index >= 15 is 0 Å². The molecule has 5 heteroatoms. The molecule has 0 saturated heterocycles. The summed E-state index contributed by atoms with van der Waals surface area (Å²) in [6.45, 7) is 1.79. The topological polar surface area (TPSA) is 54.0 Å². The molecule has 0 aromatic heterocycles. The van der Waals surface area contributed by atoms with Gasteiger partial charge in [-0.1, -0.05) is 0 Å². The van der Waals surface area contributed by atoms with Gasteiger partial charge in [-0.15, -0.1) is 0 Å². The zero-order valence-corrected chi connectivity index (χ0v) is 11.1. The number of carbonyl (C=O) groups excluding carboxylic acids is 1. The number of carbonyl (C=O) groups is 1. The average Bonchev–Trinajstić information content (AvgIpc) is 2.37. The van der Waals surface area contributed by atoms with Crippen molar-refractivity contribution in [1.29, 1.82) is 0 Å². The molecule has 0 heterocycles. The first kappa shape index (κ1) is 14.2. The standard InChI is InChI=1S/C13H18O5/c1-9(5-13(14)17-4)18-12-7-10(15-2)6-11(8-12)16-3/h6-9H,5H2,1-4H3. The summed E-state index contributed by atoms with van der Waals surface area (Å²) in [7, 11) is 4.48. The molecule has 0 bridgehead atoms. The van der Waals surface area contributed by atoms with Crippen LogP contribution >= 0.6 is 0 Å². The number of esters is 1. The third-order valence-electron chi connectivity index (χ3n) is 2.34. The first-order valence-corrected chi connectivity index (χ1v) is 5.55. The summed E-state index contributed by atoms with van der Waals surface area (Å²) < 4.78 is 20.5. The molecule has 0 amide bonds. The molecular formula is C13H18O5. The molecule has 0 radical (unpaired) electrons. The molecule has 0 aliphatic carbocycles. The fourth-order valence-electron chi connectivity index (χ4n) is 1.44. The lowest BCUT2D eigenvalue weighted by atomic mass is 10.2. The van der Waals surface area contributed by atoms with Crippen molar-refractivity contribution in [2.24, 2.45) is 0 Å². The molecule has 0 spiro atoms. The fourth-order valence-corrected chi connectivity index (χ4v) is 1.44. The van der Waals surface area contributed by atoms with Crippen LogP contribution in [0.3, 0.4) is 0 Å². The molecule has 100 valence electrons. The summed E-state index contributed by atoms with van der Waals surface area (Å²) in [5, 5.41) is 0. The number of hydrogen-bond donors (Lipinski definition) is 0. The maximum Gasteiger partial charge on any atom is 0.309 e. The highest BCUT2D eigenvalue weighted by Crippen LogP contribution is 2.28. The number of methoxy groups -OCH3 is 3. The van der Waals surface area contributed by atoms with E-state index in [2.05, 4.69) is 4.74 Å². The van der Waals surface area contributed by atoms with E-state index in [0.717, 1.165) is 0 Å². The Morgan fingerprint density at radius 3 is 2.00 bits per heavy atom. The van der Waals surface area contributed by atoms with Crippen molar-refractivity contribution in [3.8, 4) is 17.2 Å². The number of rotatable bonds is 6. The van der Waals surface area contributed by atoms with Gasteiger partial charge in [0.25, 0.3) is 0 Å². The Hall–Kier alpha value is -1.91. The second kappa shape index (κ2) is 6.74. The molecule has 0 aliphatic heterocycles. The van der Waals surface area contributed by atoms with Gasteiger partial charge in [0.1, 0.15) is 23.4 Å². The Morgan fingerprint density at radius 1 is 1.06 bits per heavy atom. The zero-order chi connectivity index (χ0) is 13.5. The van der Waals surface area contributed by atoms with E-state index in [1.165, 1.54) is 7.11 Å². The van der Waals surface area contributed by atoms with Gasteiger partial charge in [-0.2, -0.15) is 0 Å². The second-order valence-electron chi connectivity index (χ2n) is 3.76. The summed E-state index contributed by atoms with van der Waals surface area (Å²) in [6, 6.07) is 5.21. The van der Waals surface area contributed by atoms with Crippen LogP contribution in [0.2, 0.25) is 0 Å². The third-order valence-corrected chi connectivity index (χ3v) is 2.34. The molecule has 0 N–H and O–H groups in total. The van der Waals surface area contributed by atoms with E-state index in [0.29, 0.717) is 17.2 Å². The predicted molar refractivity (Wildman–Crippen MR) is 66.3 cm³/mol. The minimum absolute atomic E-state index is 0.191. The van der Waals surface area contributed by atoms with Crippen molar-refractivity contribution in [3.05, 3.63) is 18.2 Å². The normalized spacial score (nSPS) is 11.6. The Balaban J connectivity index is 2.73. The highest BCUT2D eigenvalue weighted by Gasteiger charge is 2.12. The summed E-state index contributed by atoms with van der Waals surface area (Å²) >= 11 is 0. The van der Waals surface area contributed by atoms with Crippen molar-refractivity contribution in [2.75, 3.05) is 21.3 Å². The molecule has 0 aliphatic rings. The lowest BCUT2D eigenvalue weighted by Crippen LogP contribution is -2.17. The molecule has 1 rings (SSSR count). The Kier molecular flexibility index (Phi) is 5.30. The molecular weight excluding hydrogens is 236 g/mol. The Labute approximate surface area is 107 Å². The number of hydrogen-bond acceptors (Lipinski definition) is 5. The maximum atomic E-state index is 11.1. The molecule has 1 aromatic carbocycles. The van der Waals surface area contributed by atoms with Crippen LogP contribution in [0.25, 0.3) is 0 Å². The van der Waals surface area contributed by atoms with Gasteiger partial charge >= 0.3 is 5.97 Å². The zero-order valence-electron chi connectivity index (χ0n) is 11.1. The monoisotopic (exact) mass is 254 g/mol. The molecule has 18 heavy (non-hydrogen) atoms. The first-order chi connectivity index (χ1) is 8.58. The van der Waals surface area contributed by atoms with E-state index in [-0.39, 0.29) is 18.5 Å². The van der Waals surface area contributed by atoms with Gasteiger partial charge in [-0.25, -0.2) is 0 Å². The van der Waals surface area contributed by atoms with E-state index in [1.807, 2.05) is 0 Å². The largest absolute Gasteiger partial charge is 0.496 e. The first-order valence-electron chi connectivity index (χ1n) is 5.55. The van der Waals surface area contributed by atoms with Gasteiger partial charge in [-0.3, -0.25) is 4.79 Å². The van der Waals surface area contributed by atoms with Crippen LogP contribution in [0.4, 0.5) is 0 Å². The van der Waals surface area contributed by atoms with Crippen LogP contribution in [0.1, 0.15) is 13.3 Å². The van der Waals surface area contributed by atoms with Gasteiger partial charge in [0.2, 0.25) is 0 Å². The second-order valence-corrected chi connectivity index (χ2v) is 3.76. The van der Waals surface area contributed by atoms with E-state index in [9.17, 15) is 4.79 Å². The van der Waals surface area contributed by atoms with E-state index in [4.69, 9.17) is 14.2 Å². The van der Waals surface area contributed by atoms with Crippen molar-refractivity contribution < 1.29 is 23.7 Å². The van der Waals surface area contributed by atoms with Crippen LogP contribution in [0.15, 0.2) is 18.2 Å². The minimum Gasteiger partial charge on any atom is -0.496 e. The lowest BCUT2D eigenvalue weighted by Gasteiger charge is -2.15. The van der Waals surface area contributed by atoms with Gasteiger partial charge in [0.05, 0.1) is 27.8 Å². The molecule has 0 saturated carbocycles. The predicted octanol–water partition coefficient (Wildman–Crippen LogP) is 2.03. The van der Waals surface area contributed by atoms with E-state index < -0.39 is 0 Å². The van der Waals surface area contributed by atoms with Crippen LogP contribution in [-0.4, -0.2) is 33.4 Å². The van der Waals surface area contributed by atoms with Crippen molar-refractivity contribution >= 4 is 5.97 Å². The van der Waals surface area contributed by atoms with Crippen LogP contribution < -0.4 is 14.2 Å². The summed E-state index contributed by atoms with van der Waals surface area (Å²) in [6.07, 6.45) is -0.0926. The molecule has 1 atom stereocenters. The Morgan fingerprint density at radius 2 is 1.56 bits per heavy atom. The SMILES string of the molecule is COC(=O)CC(C)Oc1cc(OC)cc(OC)c1. The highest BCUT2D eigenvalue weighted by molar-refractivity contribution is 5.69. The minimum atomic E-state index is -0.308. The third kappa shape index (κ3) is 4.16. The number of ether oxygens (including phenoxy) is 4. The molecule has 1 aromatic rings. The van der Waals surface area contributed by atoms with Gasteiger partial charge in [0, 0.05) is 18.2 Å². The van der Waals surface area contributed by atoms with E-state index in [1.54, 1.807) is 39.3 Å². The average molecular weight is 254 g/mol. The van der Waals surface area contributed by atoms with Crippen molar-refractivity contribution in [3.63, 3.8) is 0 Å². The van der Waals surface area contributed by atoms with Crippen LogP contribution in [0.5, 0.6) is 17.2 Å². The van der Waals surface area contributed by atoms with Crippen LogP contribution in [-0.2, 0) is 9.53 Å². The summed E-state index contributed by atoms with van der Waals surface area (Å²) in [5.41, 5.74) is 0. The summed E-state index contributed by atoms with van der Waals surface area (Å²) in [4.78, 5) is 11.1. The van der Waals surface area contributed by atoms with Crippen LogP contribution in [0, 0.1) is 0 Å². The number of benzene rings is 1. The fraction of sp³-hybridized carbons (Fsp3) is 0.462. The summed E-state index contributed by atoms with van der Waals surface area (Å²) in [5.74, 6) is 1.55. The molecule has 5 nitrogen and oxygen atoms in total. The molecule has 1 unspecified atom stereocenters. The Bertz CT molecular complexity index is 380. The van der Waals surface area contributed by atoms with Gasteiger partial charge in [-0.05, 0) is 6.92 Å². The quantitative estimate of drug-likeness (QED) is 0.727. The van der Waals surface area contributed by atoms with Crippen molar-refractivity contribution in [2.45, 2.75) is 19.4 Å². The van der Waals surface area contributed by atoms with Gasteiger partial charge in [0.15, 0.2) is 0 Å².